The van der Waals surface area contributed by atoms with Gasteiger partial charge in [0.25, 0.3) is 11.8 Å². The molecule has 1 unspecified atom stereocenters. The summed E-state index contributed by atoms with van der Waals surface area (Å²) in [6, 6.07) is 29.7. The molecular formula is C66H70N4O20S. The van der Waals surface area contributed by atoms with E-state index in [9.17, 15) is 43.2 Å². The van der Waals surface area contributed by atoms with Gasteiger partial charge in [0.1, 0.15) is 43.4 Å². The normalized spacial score (nSPS) is 20.6. The minimum Gasteiger partial charge on any atom is -0.493 e. The Balaban J connectivity index is 0.871. The average molecular weight is 1270 g/mol. The number of carbonyl (C=O) groups excluding carboxylic acids is 3. The molecule has 91 heavy (non-hydrogen) atoms. The maximum Gasteiger partial charge on any atom is 0.501 e. The van der Waals surface area contributed by atoms with Crippen LogP contribution in [0.1, 0.15) is 84.2 Å². The number of aliphatic imine (C=N–C) groups is 2. The molecule has 0 bridgehead atoms. The number of Topliss-reactive ketones (excluding diaryl/α,β-unsaturated/α-hetero) is 1. The van der Waals surface area contributed by atoms with Gasteiger partial charge in [0, 0.05) is 62.8 Å². The molecule has 7 atom stereocenters. The number of hydrogen-bond donors (Lipinski definition) is 4. The van der Waals surface area contributed by atoms with Crippen LogP contribution in [0, 0.1) is 0 Å². The summed E-state index contributed by atoms with van der Waals surface area (Å²) in [5.41, 5.74) is 6.29. The van der Waals surface area contributed by atoms with Crippen molar-refractivity contribution in [3.63, 3.8) is 0 Å². The monoisotopic (exact) mass is 1270 g/mol. The second-order valence-electron chi connectivity index (χ2n) is 22.1. The molecule has 0 radical (unpaired) electrons. The van der Waals surface area contributed by atoms with Crippen molar-refractivity contribution in [1.29, 1.82) is 0 Å². The van der Waals surface area contributed by atoms with Gasteiger partial charge in [0.2, 0.25) is 6.29 Å². The third-order valence-corrected chi connectivity index (χ3v) is 16.9. The fraction of sp³-hybridized carbons (Fsp3) is 0.379. The molecule has 5 heterocycles. The molecule has 5 aliphatic rings. The molecule has 0 spiro atoms. The first-order valence-electron chi connectivity index (χ1n) is 29.8. The molecule has 6 aromatic carbocycles. The van der Waals surface area contributed by atoms with Crippen LogP contribution in [-0.4, -0.2) is 172 Å². The summed E-state index contributed by atoms with van der Waals surface area (Å²) in [4.78, 5) is 55.2. The van der Waals surface area contributed by atoms with Crippen LogP contribution in [0.2, 0.25) is 0 Å². The summed E-state index contributed by atoms with van der Waals surface area (Å²) in [6.07, 6.45) is -3.78. The summed E-state index contributed by atoms with van der Waals surface area (Å²) < 4.78 is 92.2. The summed E-state index contributed by atoms with van der Waals surface area (Å²) in [7, 11) is -2.38. The quantitative estimate of drug-likeness (QED) is 0.0323. The molecule has 11 rings (SSSR count). The van der Waals surface area contributed by atoms with E-state index in [1.54, 1.807) is 52.6 Å². The number of benzene rings is 6. The molecule has 0 aromatic heterocycles. The van der Waals surface area contributed by atoms with Crippen LogP contribution in [0.25, 0.3) is 0 Å². The number of amides is 2. The van der Waals surface area contributed by atoms with Gasteiger partial charge in [0.05, 0.1) is 81.8 Å². The van der Waals surface area contributed by atoms with Gasteiger partial charge in [-0.3, -0.25) is 24.4 Å². The highest BCUT2D eigenvalue weighted by atomic mass is 32.3. The molecule has 6 aromatic rings. The van der Waals surface area contributed by atoms with E-state index in [0.717, 1.165) is 28.3 Å². The predicted octanol–water partition coefficient (Wildman–Crippen LogP) is 6.34. The smallest absolute Gasteiger partial charge is 0.493 e. The zero-order valence-corrected chi connectivity index (χ0v) is 51.0. The number of carbonyl (C=O) groups is 3. The summed E-state index contributed by atoms with van der Waals surface area (Å²) in [5.74, 6) is -1.42. The molecule has 4 N–H and O–H groups in total. The topological polar surface area (TPSA) is 299 Å². The van der Waals surface area contributed by atoms with Gasteiger partial charge in [-0.2, -0.15) is 0 Å². The highest BCUT2D eigenvalue weighted by molar-refractivity contribution is 7.82. The Morgan fingerprint density at radius 1 is 0.604 bits per heavy atom. The molecule has 0 aliphatic carbocycles. The lowest BCUT2D eigenvalue weighted by Gasteiger charge is -2.39. The number of ketones is 1. The summed E-state index contributed by atoms with van der Waals surface area (Å²) >= 11 is 0. The minimum atomic E-state index is -5.25. The maximum absolute atomic E-state index is 14.4. The number of aliphatic hydroxyl groups is 4. The highest BCUT2D eigenvalue weighted by Crippen LogP contribution is 2.42. The molecule has 480 valence electrons. The lowest BCUT2D eigenvalue weighted by atomic mass is 9.94. The van der Waals surface area contributed by atoms with E-state index >= 15 is 0 Å². The second-order valence-corrected chi connectivity index (χ2v) is 23.3. The standard InChI is InChI=1S/C66H70N4O20S/c1-4-82-18-19-84-21-20-83-17-9-14-53(72)43-15-16-54(87-66-63(75)62(74)61(73)60(36-71)88-66)59(27-43)90-91(78,79)89-48-23-39(37-85-57-30-51-49(28-55(57)80-2)64(76)69-34-44-12-7-5-10-41(44)25-46(69)32-67-51)22-40(24-48)38-86-58-31-52-50(29-56(58)81-3)65(77)70-35-45-13-8-6-11-42(45)26-47(70)33-68-52/h5-8,10-13,15-16,22-24,27-33,46-47,60-63,66,71,73-75H,4,9,14,17-21,25-26,34-38H2,1-3H3/t46-,47-,60+,61-,62-,63+,66?/m0/s1. The van der Waals surface area contributed by atoms with E-state index in [1.165, 1.54) is 38.5 Å². The average Bonchev–Trinajstić information content (AvgIpc) is 1.76. The van der Waals surface area contributed by atoms with Crippen LogP contribution in [0.15, 0.2) is 119 Å². The van der Waals surface area contributed by atoms with Crippen molar-refractivity contribution < 1.29 is 94.2 Å². The van der Waals surface area contributed by atoms with Crippen LogP contribution in [0.3, 0.4) is 0 Å². The zero-order chi connectivity index (χ0) is 63.8. The summed E-state index contributed by atoms with van der Waals surface area (Å²) in [5, 5.41) is 41.9. The van der Waals surface area contributed by atoms with Gasteiger partial charge in [0.15, 0.2) is 40.3 Å². The number of aliphatic hydroxyl groups excluding tert-OH is 4. The van der Waals surface area contributed by atoms with Crippen LogP contribution < -0.4 is 32.1 Å². The van der Waals surface area contributed by atoms with Gasteiger partial charge in [-0.15, -0.1) is 8.42 Å². The Morgan fingerprint density at radius 2 is 1.14 bits per heavy atom. The van der Waals surface area contributed by atoms with Gasteiger partial charge >= 0.3 is 10.4 Å². The van der Waals surface area contributed by atoms with Crippen LogP contribution in [0.4, 0.5) is 11.4 Å². The SMILES string of the molecule is CCOCCOCCOCCCC(=O)c1ccc(OC2O[C@H](CO)[C@H](O)[C@H](O)[C@H]2O)c(OS(=O)(=O)Oc2cc(COc3cc4c(cc3OC)C(=O)N3Cc5ccccc5C[C@H]3C=N4)cc(COc3cc4c(cc3OC)C(=O)N3Cc5ccccc5C[C@H]3C=N4)c2)c1. The number of ether oxygens (including phenoxy) is 9. The number of methoxy groups -OCH3 is 2. The van der Waals surface area contributed by atoms with E-state index in [4.69, 9.17) is 61.0 Å². The second kappa shape index (κ2) is 28.8. The number of fused-ring (bicyclic) bond motifs is 6. The Morgan fingerprint density at radius 3 is 1.68 bits per heavy atom. The maximum atomic E-state index is 14.4. The zero-order valence-electron chi connectivity index (χ0n) is 50.2. The first kappa shape index (κ1) is 64.0. The molecule has 0 saturated carbocycles. The fourth-order valence-corrected chi connectivity index (χ4v) is 12.1. The Labute approximate surface area is 525 Å². The van der Waals surface area contributed by atoms with Crippen molar-refractivity contribution in [1.82, 2.24) is 9.80 Å². The number of nitrogens with zero attached hydrogens (tertiary/aromatic N) is 4. The molecule has 5 aliphatic heterocycles. The third kappa shape index (κ3) is 14.8. The van der Waals surface area contributed by atoms with E-state index < -0.39 is 65.0 Å². The molecule has 1 fully saturated rings. The van der Waals surface area contributed by atoms with E-state index in [2.05, 4.69) is 0 Å². The van der Waals surface area contributed by atoms with Crippen molar-refractivity contribution in [3.05, 3.63) is 159 Å². The van der Waals surface area contributed by atoms with E-state index in [1.807, 2.05) is 55.5 Å². The van der Waals surface area contributed by atoms with Crippen molar-refractivity contribution in [2.45, 2.75) is 102 Å². The van der Waals surface area contributed by atoms with Crippen LogP contribution in [-0.2, 0) is 68.5 Å². The van der Waals surface area contributed by atoms with Crippen molar-refractivity contribution in [2.24, 2.45) is 9.98 Å². The summed E-state index contributed by atoms with van der Waals surface area (Å²) in [6.45, 7) is 3.62. The molecular weight excluding hydrogens is 1200 g/mol. The Hall–Kier alpha value is -8.50. The first-order valence-corrected chi connectivity index (χ1v) is 31.1. The highest BCUT2D eigenvalue weighted by Gasteiger charge is 2.45. The molecule has 2 amide bonds. The van der Waals surface area contributed by atoms with Crippen LogP contribution in [0.5, 0.6) is 40.2 Å². The molecule has 25 heteroatoms. The molecule has 24 nitrogen and oxygen atoms in total. The predicted molar refractivity (Wildman–Crippen MR) is 328 cm³/mol. The minimum absolute atomic E-state index is 0.0152. The van der Waals surface area contributed by atoms with Gasteiger partial charge in [-0.1, -0.05) is 48.5 Å². The Kier molecular flexibility index (Phi) is 20.2. The lowest BCUT2D eigenvalue weighted by Crippen LogP contribution is -2.60. The van der Waals surface area contributed by atoms with Gasteiger partial charge in [-0.05, 0) is 108 Å². The lowest BCUT2D eigenvalue weighted by molar-refractivity contribution is -0.277. The number of hydrogen-bond acceptors (Lipinski definition) is 22. The third-order valence-electron chi connectivity index (χ3n) is 16.1. The largest absolute Gasteiger partial charge is 0.501 e. The van der Waals surface area contributed by atoms with Crippen molar-refractivity contribution in [3.8, 4) is 40.2 Å². The van der Waals surface area contributed by atoms with E-state index in [-0.39, 0.29) is 97.5 Å². The first-order chi connectivity index (χ1) is 44.1. The fourth-order valence-electron chi connectivity index (χ4n) is 11.4. The van der Waals surface area contributed by atoms with Gasteiger partial charge in [-0.25, -0.2) is 0 Å². The van der Waals surface area contributed by atoms with Gasteiger partial charge < -0.3 is 81.2 Å². The van der Waals surface area contributed by atoms with E-state index in [0.29, 0.717) is 86.0 Å². The number of rotatable bonds is 27. The van der Waals surface area contributed by atoms with Crippen molar-refractivity contribution >= 4 is 51.8 Å². The van der Waals surface area contributed by atoms with Crippen LogP contribution >= 0.6 is 0 Å². The molecule has 1 saturated heterocycles. The Bertz CT molecular complexity index is 3660. The van der Waals surface area contributed by atoms with Crippen molar-refractivity contribution in [2.75, 3.05) is 60.5 Å².